The molecule has 1 aromatic rings. The van der Waals surface area contributed by atoms with E-state index < -0.39 is 30.0 Å². The van der Waals surface area contributed by atoms with E-state index in [0.717, 1.165) is 37.8 Å². The van der Waals surface area contributed by atoms with Gasteiger partial charge in [0, 0.05) is 0 Å². The molecule has 1 aliphatic heterocycles. The van der Waals surface area contributed by atoms with Crippen molar-refractivity contribution >= 4 is 17.9 Å². The molecule has 31 heavy (non-hydrogen) atoms. The number of benzene rings is 1. The number of unbranched alkanes of at least 4 members (excludes halogenated alkanes) is 1. The first-order valence-corrected chi connectivity index (χ1v) is 9.99. The van der Waals surface area contributed by atoms with E-state index in [2.05, 4.69) is 5.32 Å². The Morgan fingerprint density at radius 2 is 1.58 bits per heavy atom. The smallest absolute Gasteiger partial charge is 0.320 e. The number of hydrogen-bond acceptors (Lipinski definition) is 8. The van der Waals surface area contributed by atoms with E-state index >= 15 is 0 Å². The number of aliphatic carboxylic acids is 3. The van der Waals surface area contributed by atoms with Crippen molar-refractivity contribution in [1.82, 2.24) is 5.32 Å². The molecule has 0 radical (unpaired) electrons. The van der Waals surface area contributed by atoms with Crippen molar-refractivity contribution in [3.63, 3.8) is 0 Å². The number of carbonyl (C=O) groups is 3. The van der Waals surface area contributed by atoms with Gasteiger partial charge in [-0.05, 0) is 62.9 Å². The lowest BCUT2D eigenvalue weighted by Crippen LogP contribution is -2.32. The van der Waals surface area contributed by atoms with Gasteiger partial charge >= 0.3 is 17.9 Å². The second-order valence-electron chi connectivity index (χ2n) is 7.03. The summed E-state index contributed by atoms with van der Waals surface area (Å²) in [6.07, 6.45) is 4.22. The summed E-state index contributed by atoms with van der Waals surface area (Å²) in [5.74, 6) is -2.51. The summed E-state index contributed by atoms with van der Waals surface area (Å²) in [6, 6.07) is 4.44. The van der Waals surface area contributed by atoms with Gasteiger partial charge in [-0.3, -0.25) is 14.4 Å². The fourth-order valence-corrected chi connectivity index (χ4v) is 2.50. The molecule has 0 spiro atoms. The highest BCUT2D eigenvalue weighted by molar-refractivity contribution is 5.74. The second kappa shape index (κ2) is 16.0. The molecule has 1 aliphatic rings. The van der Waals surface area contributed by atoms with E-state index in [9.17, 15) is 14.4 Å². The molecule has 11 N–H and O–H groups in total. The Kier molecular flexibility index (Phi) is 14.6. The van der Waals surface area contributed by atoms with Crippen LogP contribution in [0, 0.1) is 0 Å². The Balaban J connectivity index is 0.000000450. The van der Waals surface area contributed by atoms with E-state index in [1.54, 1.807) is 12.1 Å². The molecule has 0 saturated carbocycles. The predicted octanol–water partition coefficient (Wildman–Crippen LogP) is -0.303. The van der Waals surface area contributed by atoms with Crippen LogP contribution in [-0.4, -0.2) is 69.5 Å². The van der Waals surface area contributed by atoms with Crippen molar-refractivity contribution in [2.75, 3.05) is 13.1 Å². The van der Waals surface area contributed by atoms with Crippen LogP contribution >= 0.6 is 0 Å². The Morgan fingerprint density at radius 3 is 1.97 bits per heavy atom. The first-order valence-electron chi connectivity index (χ1n) is 9.99. The fraction of sp³-hybridized carbons (Fsp3) is 0.550. The highest BCUT2D eigenvalue weighted by atomic mass is 16.4. The maximum atomic E-state index is 10.4. The van der Waals surface area contributed by atoms with Crippen LogP contribution in [0.25, 0.3) is 0 Å². The van der Waals surface area contributed by atoms with Gasteiger partial charge in [-0.2, -0.15) is 0 Å². The Hall–Kier alpha value is -2.73. The zero-order chi connectivity index (χ0) is 23.8. The number of carboxylic acid groups (broad SMARTS) is 3. The third kappa shape index (κ3) is 14.0. The fourth-order valence-electron chi connectivity index (χ4n) is 2.50. The Morgan fingerprint density at radius 1 is 1.00 bits per heavy atom. The number of carboxylic acids is 3. The lowest BCUT2D eigenvalue weighted by molar-refractivity contribution is -0.139. The van der Waals surface area contributed by atoms with Crippen LogP contribution < -0.4 is 22.5 Å². The minimum Gasteiger partial charge on any atom is -0.508 e. The summed E-state index contributed by atoms with van der Waals surface area (Å²) < 4.78 is 0. The second-order valence-corrected chi connectivity index (χ2v) is 7.03. The number of nitrogens with one attached hydrogen (secondary N) is 1. The first-order chi connectivity index (χ1) is 14.6. The molecule has 1 aromatic carbocycles. The Labute approximate surface area is 181 Å². The zero-order valence-corrected chi connectivity index (χ0v) is 17.4. The van der Waals surface area contributed by atoms with Crippen molar-refractivity contribution < 1.29 is 34.8 Å². The van der Waals surface area contributed by atoms with E-state index in [4.69, 9.17) is 37.6 Å². The Bertz CT molecular complexity index is 664. The van der Waals surface area contributed by atoms with Gasteiger partial charge in [-0.25, -0.2) is 0 Å². The molecule has 176 valence electrons. The summed E-state index contributed by atoms with van der Waals surface area (Å²) >= 11 is 0. The minimum absolute atomic E-state index is 0.160. The van der Waals surface area contributed by atoms with Gasteiger partial charge in [-0.15, -0.1) is 0 Å². The third-order valence-corrected chi connectivity index (χ3v) is 4.35. The number of aromatic hydroxyl groups is 1. The van der Waals surface area contributed by atoms with Gasteiger partial charge in [0.25, 0.3) is 0 Å². The lowest BCUT2D eigenvalue weighted by atomic mass is 10.1. The van der Waals surface area contributed by atoms with Gasteiger partial charge in [0.15, 0.2) is 0 Å². The summed E-state index contributed by atoms with van der Waals surface area (Å²) in [5, 5.41) is 37.0. The van der Waals surface area contributed by atoms with Crippen LogP contribution in [0.3, 0.4) is 0 Å². The summed E-state index contributed by atoms with van der Waals surface area (Å²) in [5.41, 5.74) is 16.5. The molecule has 1 saturated heterocycles. The monoisotopic (exact) mass is 442 g/mol. The van der Waals surface area contributed by atoms with E-state index in [0.29, 0.717) is 13.0 Å². The largest absolute Gasteiger partial charge is 0.508 e. The number of phenols is 1. The molecule has 0 aromatic heterocycles. The van der Waals surface area contributed by atoms with Gasteiger partial charge in [0.2, 0.25) is 0 Å². The van der Waals surface area contributed by atoms with E-state index in [1.807, 2.05) is 0 Å². The van der Waals surface area contributed by atoms with Gasteiger partial charge in [0.1, 0.15) is 23.9 Å². The normalized spacial score (nSPS) is 16.7. The van der Waals surface area contributed by atoms with Crippen molar-refractivity contribution in [1.29, 1.82) is 0 Å². The molecule has 0 unspecified atom stereocenters. The molecular formula is C20H34N4O7. The lowest BCUT2D eigenvalue weighted by Gasteiger charge is -2.05. The highest BCUT2D eigenvalue weighted by Gasteiger charge is 2.20. The van der Waals surface area contributed by atoms with Crippen molar-refractivity contribution in [3.8, 4) is 5.75 Å². The maximum absolute atomic E-state index is 10.4. The van der Waals surface area contributed by atoms with Crippen LogP contribution in [0.5, 0.6) is 5.75 Å². The molecule has 0 aliphatic carbocycles. The molecule has 11 nitrogen and oxygen atoms in total. The van der Waals surface area contributed by atoms with Gasteiger partial charge < -0.3 is 42.9 Å². The van der Waals surface area contributed by atoms with E-state index in [1.165, 1.54) is 12.1 Å². The molecule has 3 atom stereocenters. The van der Waals surface area contributed by atoms with Crippen LogP contribution in [0.15, 0.2) is 24.3 Å². The molecule has 0 amide bonds. The summed E-state index contributed by atoms with van der Waals surface area (Å²) in [6.45, 7) is 1.46. The zero-order valence-electron chi connectivity index (χ0n) is 17.4. The van der Waals surface area contributed by atoms with Crippen molar-refractivity contribution in [2.45, 2.75) is 56.7 Å². The quantitative estimate of drug-likeness (QED) is 0.232. The molecule has 0 bridgehead atoms. The third-order valence-electron chi connectivity index (χ3n) is 4.35. The average Bonchev–Trinajstić information content (AvgIpc) is 3.26. The molecule has 11 heteroatoms. The summed E-state index contributed by atoms with van der Waals surface area (Å²) in [4.78, 5) is 30.7. The molecular weight excluding hydrogens is 408 g/mol. The molecule has 1 heterocycles. The van der Waals surface area contributed by atoms with Gasteiger partial charge in [-0.1, -0.05) is 18.6 Å². The number of hydrogen-bond donors (Lipinski definition) is 8. The first kappa shape index (κ1) is 28.3. The SMILES string of the molecule is NCCCC[C@H](N)C(=O)O.N[C@@H](Cc1ccc(O)cc1)C(=O)O.O=C(O)[C@H]1CCCN1. The predicted molar refractivity (Wildman–Crippen MR) is 115 cm³/mol. The topological polar surface area (TPSA) is 222 Å². The average molecular weight is 443 g/mol. The van der Waals surface area contributed by atoms with Crippen LogP contribution in [0.2, 0.25) is 0 Å². The molecule has 1 fully saturated rings. The van der Waals surface area contributed by atoms with Crippen LogP contribution in [0.4, 0.5) is 0 Å². The number of nitrogens with two attached hydrogens (primary N) is 3. The number of rotatable bonds is 9. The molecule has 2 rings (SSSR count). The maximum Gasteiger partial charge on any atom is 0.320 e. The van der Waals surface area contributed by atoms with Crippen molar-refractivity contribution in [2.24, 2.45) is 17.2 Å². The van der Waals surface area contributed by atoms with Crippen LogP contribution in [-0.2, 0) is 20.8 Å². The highest BCUT2D eigenvalue weighted by Crippen LogP contribution is 2.10. The summed E-state index contributed by atoms with van der Waals surface area (Å²) in [7, 11) is 0. The van der Waals surface area contributed by atoms with Crippen LogP contribution in [0.1, 0.15) is 37.7 Å². The standard InChI is InChI=1S/C9H11NO3.C6H14N2O2.C5H9NO2/c10-8(9(12)13)5-6-1-3-7(11)4-2-6;7-4-2-1-3-5(8)6(9)10;7-5(8)4-2-1-3-6-4/h1-4,8,11H,5,10H2,(H,12,13);5H,1-4,7-8H2,(H,9,10);4,6H,1-3H2,(H,7,8)/t8-;5-;4-/m001/s1. The van der Waals surface area contributed by atoms with Gasteiger partial charge in [0.05, 0.1) is 0 Å². The minimum atomic E-state index is -1.02. The van der Waals surface area contributed by atoms with Crippen molar-refractivity contribution in [3.05, 3.63) is 29.8 Å². The van der Waals surface area contributed by atoms with E-state index in [-0.39, 0.29) is 18.2 Å². The number of phenolic OH excluding ortho intramolecular Hbond substituents is 1.